The van der Waals surface area contributed by atoms with Crippen LogP contribution in [0, 0.1) is 5.41 Å². The van der Waals surface area contributed by atoms with Gasteiger partial charge in [0.1, 0.15) is 0 Å². The summed E-state index contributed by atoms with van der Waals surface area (Å²) >= 11 is 0. The van der Waals surface area contributed by atoms with Crippen LogP contribution in [0.2, 0.25) is 0 Å². The Morgan fingerprint density at radius 3 is 2.79 bits per heavy atom. The number of likely N-dealkylation sites (tertiary alicyclic amines) is 1. The van der Waals surface area contributed by atoms with Gasteiger partial charge in [-0.1, -0.05) is 24.3 Å². The van der Waals surface area contributed by atoms with Crippen LogP contribution in [0.1, 0.15) is 36.9 Å². The standard InChI is InChI=1S/C27H31N7/c1-19(29-12-8-21-6-3-5-20-7-4-11-30-26(20)21)15-25(28)22-16-23-18-32-34(27(23)31-17-22)24-9-13-33(2)14-10-24/h3-7,11,15-18,24,28-29H,8-10,12-14H2,1-2H3/b19-15+,28-25?. The predicted molar refractivity (Wildman–Crippen MR) is 137 cm³/mol. The van der Waals surface area contributed by atoms with Gasteiger partial charge in [0, 0.05) is 41.0 Å². The van der Waals surface area contributed by atoms with Gasteiger partial charge in [-0.05, 0) is 70.1 Å². The molecule has 0 saturated carbocycles. The average Bonchev–Trinajstić information content (AvgIpc) is 3.28. The number of hydrogen-bond donors (Lipinski definition) is 2. The molecule has 0 atom stereocenters. The number of nitrogens with zero attached hydrogens (tertiary/aromatic N) is 5. The molecule has 0 aliphatic carbocycles. The molecule has 1 saturated heterocycles. The van der Waals surface area contributed by atoms with Crippen molar-refractivity contribution < 1.29 is 0 Å². The monoisotopic (exact) mass is 453 g/mol. The third-order valence-electron chi connectivity index (χ3n) is 6.65. The van der Waals surface area contributed by atoms with Crippen molar-refractivity contribution in [3.63, 3.8) is 0 Å². The Morgan fingerprint density at radius 1 is 1.12 bits per heavy atom. The van der Waals surface area contributed by atoms with Crippen LogP contribution in [0.3, 0.4) is 0 Å². The molecular formula is C27H31N7. The van der Waals surface area contributed by atoms with Gasteiger partial charge in [0.25, 0.3) is 0 Å². The Balaban J connectivity index is 1.23. The van der Waals surface area contributed by atoms with E-state index in [9.17, 15) is 0 Å². The maximum Gasteiger partial charge on any atom is 0.158 e. The van der Waals surface area contributed by atoms with Crippen LogP contribution in [-0.2, 0) is 6.42 Å². The van der Waals surface area contributed by atoms with Crippen molar-refractivity contribution in [3.8, 4) is 0 Å². The first kappa shape index (κ1) is 22.2. The molecular weight excluding hydrogens is 422 g/mol. The van der Waals surface area contributed by atoms with Crippen LogP contribution in [0.4, 0.5) is 0 Å². The minimum atomic E-state index is 0.398. The molecule has 0 bridgehead atoms. The van der Waals surface area contributed by atoms with Crippen LogP contribution < -0.4 is 5.32 Å². The van der Waals surface area contributed by atoms with E-state index in [1.54, 1.807) is 6.20 Å². The van der Waals surface area contributed by atoms with Crippen molar-refractivity contribution in [2.24, 2.45) is 0 Å². The lowest BCUT2D eigenvalue weighted by molar-refractivity contribution is 0.215. The Hall–Kier alpha value is -3.58. The zero-order valence-corrected chi connectivity index (χ0v) is 19.8. The Bertz CT molecular complexity index is 1340. The number of benzene rings is 1. The molecule has 7 heteroatoms. The van der Waals surface area contributed by atoms with Crippen LogP contribution in [0.25, 0.3) is 21.9 Å². The summed E-state index contributed by atoms with van der Waals surface area (Å²) in [5, 5.41) is 18.8. The highest BCUT2D eigenvalue weighted by atomic mass is 15.3. The smallest absolute Gasteiger partial charge is 0.158 e. The third-order valence-corrected chi connectivity index (χ3v) is 6.65. The van der Waals surface area contributed by atoms with Crippen molar-refractivity contribution in [1.82, 2.24) is 30.0 Å². The van der Waals surface area contributed by atoms with Crippen LogP contribution in [-0.4, -0.2) is 57.0 Å². The molecule has 0 amide bonds. The highest BCUT2D eigenvalue weighted by molar-refractivity contribution is 6.08. The molecule has 0 spiro atoms. The summed E-state index contributed by atoms with van der Waals surface area (Å²) in [6, 6.07) is 12.8. The molecule has 1 aliphatic rings. The number of rotatable bonds is 7. The predicted octanol–water partition coefficient (Wildman–Crippen LogP) is 4.35. The van der Waals surface area contributed by atoms with Crippen molar-refractivity contribution >= 4 is 27.6 Å². The zero-order valence-electron chi connectivity index (χ0n) is 19.8. The molecule has 7 nitrogen and oxygen atoms in total. The summed E-state index contributed by atoms with van der Waals surface area (Å²) < 4.78 is 2.07. The highest BCUT2D eigenvalue weighted by Crippen LogP contribution is 2.25. The minimum Gasteiger partial charge on any atom is -0.388 e. The lowest BCUT2D eigenvalue weighted by Gasteiger charge is -2.29. The van der Waals surface area contributed by atoms with E-state index in [1.807, 2.05) is 37.5 Å². The average molecular weight is 454 g/mol. The molecule has 2 N–H and O–H groups in total. The summed E-state index contributed by atoms with van der Waals surface area (Å²) in [5.41, 5.74) is 5.40. The molecule has 1 fully saturated rings. The molecule has 1 aliphatic heterocycles. The number of piperidine rings is 1. The number of fused-ring (bicyclic) bond motifs is 2. The summed E-state index contributed by atoms with van der Waals surface area (Å²) in [6.07, 6.45) is 10.4. The van der Waals surface area contributed by atoms with Gasteiger partial charge in [-0.3, -0.25) is 4.98 Å². The molecule has 34 heavy (non-hydrogen) atoms. The second-order valence-corrected chi connectivity index (χ2v) is 9.17. The molecule has 0 radical (unpaired) electrons. The largest absolute Gasteiger partial charge is 0.388 e. The summed E-state index contributed by atoms with van der Waals surface area (Å²) in [7, 11) is 2.17. The van der Waals surface area contributed by atoms with Gasteiger partial charge < -0.3 is 15.6 Å². The quantitative estimate of drug-likeness (QED) is 0.407. The number of allylic oxidation sites excluding steroid dienone is 2. The molecule has 5 rings (SSSR count). The maximum atomic E-state index is 8.57. The van der Waals surface area contributed by atoms with E-state index in [2.05, 4.69) is 61.3 Å². The van der Waals surface area contributed by atoms with E-state index >= 15 is 0 Å². The van der Waals surface area contributed by atoms with Crippen molar-refractivity contribution in [3.05, 3.63) is 77.9 Å². The van der Waals surface area contributed by atoms with Gasteiger partial charge in [0.15, 0.2) is 5.65 Å². The second-order valence-electron chi connectivity index (χ2n) is 9.17. The van der Waals surface area contributed by atoms with Gasteiger partial charge in [-0.15, -0.1) is 0 Å². The van der Waals surface area contributed by atoms with E-state index in [4.69, 9.17) is 5.41 Å². The normalized spacial score (nSPS) is 15.8. The van der Waals surface area contributed by atoms with Crippen molar-refractivity contribution in [2.45, 2.75) is 32.2 Å². The van der Waals surface area contributed by atoms with Gasteiger partial charge in [-0.25, -0.2) is 9.67 Å². The zero-order chi connectivity index (χ0) is 23.5. The van der Waals surface area contributed by atoms with Gasteiger partial charge >= 0.3 is 0 Å². The van der Waals surface area contributed by atoms with Crippen LogP contribution in [0.15, 0.2) is 66.8 Å². The first-order valence-corrected chi connectivity index (χ1v) is 11.9. The molecule has 0 unspecified atom stereocenters. The lowest BCUT2D eigenvalue weighted by atomic mass is 10.1. The van der Waals surface area contributed by atoms with Crippen LogP contribution >= 0.6 is 0 Å². The van der Waals surface area contributed by atoms with E-state index in [0.29, 0.717) is 11.8 Å². The van der Waals surface area contributed by atoms with Gasteiger partial charge in [-0.2, -0.15) is 5.10 Å². The number of aromatic nitrogens is 4. The maximum absolute atomic E-state index is 8.57. The van der Waals surface area contributed by atoms with Gasteiger partial charge in [0.05, 0.1) is 23.5 Å². The van der Waals surface area contributed by atoms with Gasteiger partial charge in [0.2, 0.25) is 0 Å². The Morgan fingerprint density at radius 2 is 1.94 bits per heavy atom. The number of nitrogens with one attached hydrogen (secondary N) is 2. The molecule has 3 aromatic heterocycles. The number of pyridine rings is 2. The van der Waals surface area contributed by atoms with E-state index < -0.39 is 0 Å². The fourth-order valence-corrected chi connectivity index (χ4v) is 4.71. The van der Waals surface area contributed by atoms with E-state index in [0.717, 1.165) is 72.1 Å². The number of para-hydroxylation sites is 1. The second kappa shape index (κ2) is 9.73. The third kappa shape index (κ3) is 4.70. The summed E-state index contributed by atoms with van der Waals surface area (Å²) in [4.78, 5) is 11.6. The van der Waals surface area contributed by atoms with Crippen LogP contribution in [0.5, 0.6) is 0 Å². The summed E-state index contributed by atoms with van der Waals surface area (Å²) in [5.74, 6) is 0. The fraction of sp³-hybridized carbons (Fsp3) is 0.333. The first-order valence-electron chi connectivity index (χ1n) is 11.9. The Labute approximate surface area is 200 Å². The molecule has 174 valence electrons. The SMILES string of the molecule is C/C(=C\C(=N)c1cnc2c(cnn2C2CCN(C)CC2)c1)NCCc1cccc2cccnc12. The van der Waals surface area contributed by atoms with E-state index in [-0.39, 0.29) is 0 Å². The topological polar surface area (TPSA) is 82.7 Å². The molecule has 1 aromatic carbocycles. The minimum absolute atomic E-state index is 0.398. The van der Waals surface area contributed by atoms with Crippen molar-refractivity contribution in [1.29, 1.82) is 5.41 Å². The van der Waals surface area contributed by atoms with E-state index in [1.165, 1.54) is 5.56 Å². The Kier molecular flexibility index (Phi) is 6.36. The first-order chi connectivity index (χ1) is 16.6. The highest BCUT2D eigenvalue weighted by Gasteiger charge is 2.21. The fourth-order valence-electron chi connectivity index (χ4n) is 4.71. The molecule has 4 heterocycles. The lowest BCUT2D eigenvalue weighted by Crippen LogP contribution is -2.31. The molecule has 4 aromatic rings. The van der Waals surface area contributed by atoms with Crippen molar-refractivity contribution in [2.75, 3.05) is 26.7 Å². The number of hydrogen-bond acceptors (Lipinski definition) is 6. The summed E-state index contributed by atoms with van der Waals surface area (Å²) in [6.45, 7) is 4.96.